The molecular weight excluding hydrogens is 303 g/mol. The van der Waals surface area contributed by atoms with Crippen LogP contribution in [0.2, 0.25) is 0 Å². The quantitative estimate of drug-likeness (QED) is 0.840. The minimum absolute atomic E-state index is 0.178. The van der Waals surface area contributed by atoms with Gasteiger partial charge in [0.2, 0.25) is 0 Å². The van der Waals surface area contributed by atoms with Gasteiger partial charge >= 0.3 is 0 Å². The van der Waals surface area contributed by atoms with E-state index >= 15 is 0 Å². The SMILES string of the molecule is CN(C)CCCC1OCc2cc(C#N)ccc21.Fc1ccccc1. The van der Waals surface area contributed by atoms with E-state index in [0.29, 0.717) is 6.61 Å². The van der Waals surface area contributed by atoms with Gasteiger partial charge in [-0.3, -0.25) is 0 Å². The third-order valence-corrected chi connectivity index (χ3v) is 3.86. The van der Waals surface area contributed by atoms with Crippen molar-refractivity contribution >= 4 is 0 Å². The molecule has 3 rings (SSSR count). The first-order valence-electron chi connectivity index (χ1n) is 8.10. The summed E-state index contributed by atoms with van der Waals surface area (Å²) < 4.78 is 17.7. The van der Waals surface area contributed by atoms with Crippen LogP contribution in [0.3, 0.4) is 0 Å². The Kier molecular flexibility index (Phi) is 6.92. The maximum Gasteiger partial charge on any atom is 0.123 e. The van der Waals surface area contributed by atoms with Crippen LogP contribution in [0.4, 0.5) is 4.39 Å². The van der Waals surface area contributed by atoms with Gasteiger partial charge in [-0.15, -0.1) is 0 Å². The number of nitriles is 1. The molecule has 0 fully saturated rings. The molecule has 1 atom stereocenters. The standard InChI is InChI=1S/C14H18N2O.C6H5F/c1-16(2)7-3-4-14-13-6-5-11(9-15)8-12(13)10-17-14;7-6-4-2-1-3-5-6/h5-6,8,14H,3-4,7,10H2,1-2H3;1-5H. The molecule has 1 aliphatic heterocycles. The average molecular weight is 326 g/mol. The second kappa shape index (κ2) is 9.17. The maximum atomic E-state index is 11.9. The number of hydrogen-bond acceptors (Lipinski definition) is 3. The summed E-state index contributed by atoms with van der Waals surface area (Å²) in [6.45, 7) is 1.74. The third kappa shape index (κ3) is 5.45. The summed E-state index contributed by atoms with van der Waals surface area (Å²) in [5, 5.41) is 8.84. The van der Waals surface area contributed by atoms with Crippen molar-refractivity contribution in [1.29, 1.82) is 5.26 Å². The monoisotopic (exact) mass is 326 g/mol. The van der Waals surface area contributed by atoms with Gasteiger partial charge in [0.1, 0.15) is 5.82 Å². The molecule has 0 radical (unpaired) electrons. The van der Waals surface area contributed by atoms with Gasteiger partial charge in [0.25, 0.3) is 0 Å². The first-order chi connectivity index (χ1) is 11.6. The Balaban J connectivity index is 0.000000249. The summed E-state index contributed by atoms with van der Waals surface area (Å²) in [6, 6.07) is 16.0. The Morgan fingerprint density at radius 1 is 1.21 bits per heavy atom. The van der Waals surface area contributed by atoms with Gasteiger partial charge in [-0.1, -0.05) is 24.3 Å². The molecule has 2 aromatic rings. The van der Waals surface area contributed by atoms with Crippen molar-refractivity contribution in [3.8, 4) is 6.07 Å². The molecule has 0 bridgehead atoms. The molecule has 0 saturated carbocycles. The van der Waals surface area contributed by atoms with Crippen LogP contribution in [-0.2, 0) is 11.3 Å². The Morgan fingerprint density at radius 3 is 2.54 bits per heavy atom. The minimum Gasteiger partial charge on any atom is -0.369 e. The van der Waals surface area contributed by atoms with Crippen molar-refractivity contribution in [2.24, 2.45) is 0 Å². The number of ether oxygens (including phenoxy) is 1. The fourth-order valence-corrected chi connectivity index (χ4v) is 2.64. The van der Waals surface area contributed by atoms with E-state index in [4.69, 9.17) is 10.00 Å². The highest BCUT2D eigenvalue weighted by atomic mass is 19.1. The van der Waals surface area contributed by atoms with Crippen LogP contribution < -0.4 is 0 Å². The molecule has 0 spiro atoms. The summed E-state index contributed by atoms with van der Waals surface area (Å²) in [6.07, 6.45) is 2.41. The summed E-state index contributed by atoms with van der Waals surface area (Å²) >= 11 is 0. The summed E-state index contributed by atoms with van der Waals surface area (Å²) in [7, 11) is 4.17. The van der Waals surface area contributed by atoms with Crippen LogP contribution in [0.5, 0.6) is 0 Å². The number of hydrogen-bond donors (Lipinski definition) is 0. The van der Waals surface area contributed by atoms with E-state index in [0.717, 1.165) is 24.9 Å². The van der Waals surface area contributed by atoms with E-state index in [1.54, 1.807) is 18.2 Å². The number of benzene rings is 2. The van der Waals surface area contributed by atoms with Gasteiger partial charge in [0, 0.05) is 0 Å². The molecule has 4 heteroatoms. The van der Waals surface area contributed by atoms with Crippen LogP contribution >= 0.6 is 0 Å². The predicted octanol–water partition coefficient (Wildman–Crippen LogP) is 4.30. The fourth-order valence-electron chi connectivity index (χ4n) is 2.64. The Labute approximate surface area is 143 Å². The summed E-state index contributed by atoms with van der Waals surface area (Å²) in [4.78, 5) is 2.19. The largest absolute Gasteiger partial charge is 0.369 e. The summed E-state index contributed by atoms with van der Waals surface area (Å²) in [5.74, 6) is -0.178. The topological polar surface area (TPSA) is 36.3 Å². The van der Waals surface area contributed by atoms with Gasteiger partial charge in [0.05, 0.1) is 24.3 Å². The van der Waals surface area contributed by atoms with Crippen molar-refractivity contribution < 1.29 is 9.13 Å². The molecule has 0 N–H and O–H groups in total. The number of nitrogens with zero attached hydrogens (tertiary/aromatic N) is 2. The third-order valence-electron chi connectivity index (χ3n) is 3.86. The van der Waals surface area contributed by atoms with Crippen LogP contribution in [-0.4, -0.2) is 25.5 Å². The molecule has 1 heterocycles. The highest BCUT2D eigenvalue weighted by Crippen LogP contribution is 2.34. The van der Waals surface area contributed by atoms with Gasteiger partial charge in [-0.25, -0.2) is 4.39 Å². The first kappa shape index (κ1) is 18.1. The zero-order valence-corrected chi connectivity index (χ0v) is 14.2. The van der Waals surface area contributed by atoms with E-state index in [9.17, 15) is 4.39 Å². The van der Waals surface area contributed by atoms with E-state index in [1.807, 2.05) is 18.2 Å². The van der Waals surface area contributed by atoms with E-state index in [1.165, 1.54) is 23.3 Å². The van der Waals surface area contributed by atoms with Crippen molar-refractivity contribution in [2.75, 3.05) is 20.6 Å². The highest BCUT2D eigenvalue weighted by Gasteiger charge is 2.22. The second-order valence-corrected chi connectivity index (χ2v) is 6.07. The van der Waals surface area contributed by atoms with Crippen molar-refractivity contribution in [3.05, 3.63) is 71.0 Å². The Bertz CT molecular complexity index is 680. The van der Waals surface area contributed by atoms with Gasteiger partial charge in [0.15, 0.2) is 0 Å². The molecule has 0 aliphatic carbocycles. The van der Waals surface area contributed by atoms with Crippen molar-refractivity contribution in [1.82, 2.24) is 4.90 Å². The van der Waals surface area contributed by atoms with Crippen LogP contribution in [0, 0.1) is 17.1 Å². The van der Waals surface area contributed by atoms with Crippen LogP contribution in [0.15, 0.2) is 48.5 Å². The minimum atomic E-state index is -0.178. The lowest BCUT2D eigenvalue weighted by Gasteiger charge is -2.13. The van der Waals surface area contributed by atoms with Crippen LogP contribution in [0.25, 0.3) is 0 Å². The molecular formula is C20H23FN2O. The van der Waals surface area contributed by atoms with Gasteiger partial charge < -0.3 is 9.64 Å². The average Bonchev–Trinajstić information content (AvgIpc) is 2.98. The van der Waals surface area contributed by atoms with Gasteiger partial charge in [-0.05, 0) is 68.9 Å². The van der Waals surface area contributed by atoms with Crippen LogP contribution in [0.1, 0.15) is 35.6 Å². The Morgan fingerprint density at radius 2 is 1.96 bits per heavy atom. The van der Waals surface area contributed by atoms with E-state index in [-0.39, 0.29) is 11.9 Å². The van der Waals surface area contributed by atoms with E-state index < -0.39 is 0 Å². The molecule has 1 unspecified atom stereocenters. The number of rotatable bonds is 4. The first-order valence-corrected chi connectivity index (χ1v) is 8.10. The smallest absolute Gasteiger partial charge is 0.123 e. The zero-order chi connectivity index (χ0) is 17.4. The fraction of sp³-hybridized carbons (Fsp3) is 0.350. The second-order valence-electron chi connectivity index (χ2n) is 6.07. The molecule has 0 saturated heterocycles. The number of fused-ring (bicyclic) bond motifs is 1. The molecule has 0 aromatic heterocycles. The predicted molar refractivity (Wildman–Crippen MR) is 92.9 cm³/mol. The van der Waals surface area contributed by atoms with E-state index in [2.05, 4.69) is 25.1 Å². The van der Waals surface area contributed by atoms with Crippen molar-refractivity contribution in [3.63, 3.8) is 0 Å². The highest BCUT2D eigenvalue weighted by molar-refractivity contribution is 5.40. The van der Waals surface area contributed by atoms with Gasteiger partial charge in [-0.2, -0.15) is 5.26 Å². The van der Waals surface area contributed by atoms with Crippen molar-refractivity contribution in [2.45, 2.75) is 25.6 Å². The lowest BCUT2D eigenvalue weighted by Crippen LogP contribution is -2.13. The molecule has 24 heavy (non-hydrogen) atoms. The lowest BCUT2D eigenvalue weighted by atomic mass is 10.00. The number of halogens is 1. The summed E-state index contributed by atoms with van der Waals surface area (Å²) in [5.41, 5.74) is 3.17. The zero-order valence-electron chi connectivity index (χ0n) is 14.2. The molecule has 126 valence electrons. The molecule has 1 aliphatic rings. The lowest BCUT2D eigenvalue weighted by molar-refractivity contribution is 0.0573. The molecule has 3 nitrogen and oxygen atoms in total. The Hall–Kier alpha value is -2.22. The normalized spacial score (nSPS) is 15.4. The maximum absolute atomic E-state index is 11.9. The molecule has 0 amide bonds. The molecule has 2 aromatic carbocycles.